The highest BCUT2D eigenvalue weighted by Gasteiger charge is 2.23. The monoisotopic (exact) mass is 408 g/mol. The molecular weight excluding hydrogens is 376 g/mol. The van der Waals surface area contributed by atoms with Crippen molar-refractivity contribution in [2.24, 2.45) is 5.92 Å². The molecule has 2 aromatic rings. The third-order valence-corrected chi connectivity index (χ3v) is 6.47. The number of rotatable bonds is 6. The molecule has 4 rings (SSSR count). The Morgan fingerprint density at radius 1 is 1.00 bits per heavy atom. The maximum Gasteiger partial charge on any atom is 0.242 e. The SMILES string of the molecule is O=C(CC1CCCCC1)NCC(=O)N1CCN(Cc2cccc3cccnc23)CC1. The van der Waals surface area contributed by atoms with Crippen molar-refractivity contribution in [3.8, 4) is 0 Å². The third kappa shape index (κ3) is 5.36. The average molecular weight is 409 g/mol. The van der Waals surface area contributed by atoms with Crippen molar-refractivity contribution in [1.82, 2.24) is 20.1 Å². The van der Waals surface area contributed by atoms with E-state index in [1.165, 1.54) is 24.8 Å². The van der Waals surface area contributed by atoms with Gasteiger partial charge in [0, 0.05) is 50.7 Å². The van der Waals surface area contributed by atoms with E-state index in [2.05, 4.69) is 39.5 Å². The zero-order valence-corrected chi connectivity index (χ0v) is 17.7. The van der Waals surface area contributed by atoms with Gasteiger partial charge in [0.2, 0.25) is 11.8 Å². The van der Waals surface area contributed by atoms with Crippen molar-refractivity contribution in [1.29, 1.82) is 0 Å². The van der Waals surface area contributed by atoms with Crippen molar-refractivity contribution < 1.29 is 9.59 Å². The maximum absolute atomic E-state index is 12.5. The Kier molecular flexibility index (Phi) is 6.95. The van der Waals surface area contributed by atoms with Crippen LogP contribution in [0.4, 0.5) is 0 Å². The molecule has 1 aromatic carbocycles. The van der Waals surface area contributed by atoms with Gasteiger partial charge in [-0.05, 0) is 30.4 Å². The number of benzene rings is 1. The maximum atomic E-state index is 12.5. The fourth-order valence-electron chi connectivity index (χ4n) is 4.70. The van der Waals surface area contributed by atoms with E-state index in [4.69, 9.17) is 0 Å². The summed E-state index contributed by atoms with van der Waals surface area (Å²) in [6, 6.07) is 10.4. The molecule has 0 bridgehead atoms. The summed E-state index contributed by atoms with van der Waals surface area (Å²) in [5.74, 6) is 0.553. The van der Waals surface area contributed by atoms with Crippen molar-refractivity contribution in [3.63, 3.8) is 0 Å². The van der Waals surface area contributed by atoms with E-state index in [0.717, 1.165) is 43.4 Å². The number of pyridine rings is 1. The van der Waals surface area contributed by atoms with Gasteiger partial charge in [-0.3, -0.25) is 19.5 Å². The van der Waals surface area contributed by atoms with Crippen molar-refractivity contribution in [2.75, 3.05) is 32.7 Å². The zero-order chi connectivity index (χ0) is 20.8. The Balaban J connectivity index is 1.21. The van der Waals surface area contributed by atoms with Crippen LogP contribution in [-0.4, -0.2) is 59.3 Å². The molecule has 6 nitrogen and oxygen atoms in total. The molecule has 2 fully saturated rings. The van der Waals surface area contributed by atoms with E-state index in [0.29, 0.717) is 25.4 Å². The lowest BCUT2D eigenvalue weighted by Gasteiger charge is -2.35. The molecule has 1 N–H and O–H groups in total. The molecule has 0 spiro atoms. The topological polar surface area (TPSA) is 65.5 Å². The van der Waals surface area contributed by atoms with Gasteiger partial charge in [-0.2, -0.15) is 0 Å². The minimum absolute atomic E-state index is 0.0253. The lowest BCUT2D eigenvalue weighted by atomic mass is 9.87. The highest BCUT2D eigenvalue weighted by molar-refractivity contribution is 5.85. The number of carbonyl (C=O) groups is 2. The van der Waals surface area contributed by atoms with Crippen LogP contribution in [0.2, 0.25) is 0 Å². The summed E-state index contributed by atoms with van der Waals surface area (Å²) in [5.41, 5.74) is 2.28. The summed E-state index contributed by atoms with van der Waals surface area (Å²) >= 11 is 0. The first kappa shape index (κ1) is 20.8. The lowest BCUT2D eigenvalue weighted by molar-refractivity contribution is -0.134. The van der Waals surface area contributed by atoms with E-state index in [1.807, 2.05) is 17.2 Å². The second kappa shape index (κ2) is 10.0. The Hall–Kier alpha value is -2.47. The van der Waals surface area contributed by atoms with E-state index >= 15 is 0 Å². The molecule has 160 valence electrons. The molecule has 1 saturated heterocycles. The predicted molar refractivity (Wildman–Crippen MR) is 118 cm³/mol. The summed E-state index contributed by atoms with van der Waals surface area (Å²) in [6.45, 7) is 4.05. The van der Waals surface area contributed by atoms with Crippen LogP contribution in [-0.2, 0) is 16.1 Å². The minimum atomic E-state index is 0.0253. The highest BCUT2D eigenvalue weighted by Crippen LogP contribution is 2.26. The molecular formula is C24H32N4O2. The van der Waals surface area contributed by atoms with Gasteiger partial charge in [-0.25, -0.2) is 0 Å². The van der Waals surface area contributed by atoms with Crippen LogP contribution in [0.25, 0.3) is 10.9 Å². The highest BCUT2D eigenvalue weighted by atomic mass is 16.2. The van der Waals surface area contributed by atoms with Gasteiger partial charge in [0.25, 0.3) is 0 Å². The number of nitrogens with zero attached hydrogens (tertiary/aromatic N) is 3. The number of hydrogen-bond acceptors (Lipinski definition) is 4. The van der Waals surface area contributed by atoms with E-state index < -0.39 is 0 Å². The van der Waals surface area contributed by atoms with Crippen molar-refractivity contribution in [3.05, 3.63) is 42.1 Å². The molecule has 0 atom stereocenters. The largest absolute Gasteiger partial charge is 0.347 e. The van der Waals surface area contributed by atoms with Crippen LogP contribution in [0, 0.1) is 5.92 Å². The van der Waals surface area contributed by atoms with Gasteiger partial charge >= 0.3 is 0 Å². The van der Waals surface area contributed by atoms with Crippen molar-refractivity contribution in [2.45, 2.75) is 45.1 Å². The second-order valence-electron chi connectivity index (χ2n) is 8.63. The normalized spacial score (nSPS) is 18.5. The Bertz CT molecular complexity index is 865. The molecule has 2 amide bonds. The minimum Gasteiger partial charge on any atom is -0.347 e. The van der Waals surface area contributed by atoms with Crippen LogP contribution < -0.4 is 5.32 Å². The van der Waals surface area contributed by atoms with Gasteiger partial charge in [-0.1, -0.05) is 43.5 Å². The molecule has 2 aliphatic rings. The number of piperazine rings is 1. The molecule has 1 saturated carbocycles. The summed E-state index contributed by atoms with van der Waals surface area (Å²) in [5, 5.41) is 4.01. The average Bonchev–Trinajstić information content (AvgIpc) is 2.79. The summed E-state index contributed by atoms with van der Waals surface area (Å²) in [7, 11) is 0. The standard InChI is InChI=1S/C24H32N4O2/c29-22(16-19-6-2-1-3-7-19)26-17-23(30)28-14-12-27(13-15-28)18-21-9-4-8-20-10-5-11-25-24(20)21/h4-5,8-11,19H,1-3,6-7,12-18H2,(H,26,29). The summed E-state index contributed by atoms with van der Waals surface area (Å²) in [6.07, 6.45) is 8.46. The molecule has 6 heteroatoms. The number of carbonyl (C=O) groups excluding carboxylic acids is 2. The fourth-order valence-corrected chi connectivity index (χ4v) is 4.70. The van der Waals surface area contributed by atoms with Gasteiger partial charge in [0.15, 0.2) is 0 Å². The van der Waals surface area contributed by atoms with E-state index in [-0.39, 0.29) is 18.4 Å². The number of aromatic nitrogens is 1. The first-order chi connectivity index (χ1) is 14.7. The number of hydrogen-bond donors (Lipinski definition) is 1. The molecule has 1 aliphatic heterocycles. The molecule has 0 radical (unpaired) electrons. The Morgan fingerprint density at radius 3 is 2.57 bits per heavy atom. The fraction of sp³-hybridized carbons (Fsp3) is 0.542. The molecule has 1 aromatic heterocycles. The van der Waals surface area contributed by atoms with Crippen LogP contribution in [0.5, 0.6) is 0 Å². The summed E-state index contributed by atoms with van der Waals surface area (Å²) in [4.78, 5) is 33.5. The van der Waals surface area contributed by atoms with E-state index in [1.54, 1.807) is 0 Å². The van der Waals surface area contributed by atoms with Gasteiger partial charge in [0.05, 0.1) is 12.1 Å². The smallest absolute Gasteiger partial charge is 0.242 e. The lowest BCUT2D eigenvalue weighted by Crippen LogP contribution is -2.50. The Labute approximate surface area is 178 Å². The number of amides is 2. The summed E-state index contributed by atoms with van der Waals surface area (Å²) < 4.78 is 0. The predicted octanol–water partition coefficient (Wildman–Crippen LogP) is 2.97. The zero-order valence-electron chi connectivity index (χ0n) is 17.7. The quantitative estimate of drug-likeness (QED) is 0.798. The number of para-hydroxylation sites is 1. The molecule has 2 heterocycles. The van der Waals surface area contributed by atoms with Crippen molar-refractivity contribution >= 4 is 22.7 Å². The van der Waals surface area contributed by atoms with Crippen LogP contribution >= 0.6 is 0 Å². The number of nitrogens with one attached hydrogen (secondary N) is 1. The molecule has 30 heavy (non-hydrogen) atoms. The first-order valence-electron chi connectivity index (χ1n) is 11.3. The van der Waals surface area contributed by atoms with E-state index in [9.17, 15) is 9.59 Å². The Morgan fingerprint density at radius 2 is 1.77 bits per heavy atom. The molecule has 1 aliphatic carbocycles. The van der Waals surface area contributed by atoms with Crippen LogP contribution in [0.1, 0.15) is 44.1 Å². The van der Waals surface area contributed by atoms with Gasteiger partial charge < -0.3 is 10.2 Å². The van der Waals surface area contributed by atoms with Crippen LogP contribution in [0.3, 0.4) is 0 Å². The van der Waals surface area contributed by atoms with Gasteiger partial charge in [0.1, 0.15) is 0 Å². The molecule has 0 unspecified atom stereocenters. The number of fused-ring (bicyclic) bond motifs is 1. The third-order valence-electron chi connectivity index (χ3n) is 6.47. The van der Waals surface area contributed by atoms with Crippen LogP contribution in [0.15, 0.2) is 36.5 Å². The first-order valence-corrected chi connectivity index (χ1v) is 11.3. The second-order valence-corrected chi connectivity index (χ2v) is 8.63. The van der Waals surface area contributed by atoms with Gasteiger partial charge in [-0.15, -0.1) is 0 Å².